The lowest BCUT2D eigenvalue weighted by molar-refractivity contribution is -0.175. The summed E-state index contributed by atoms with van der Waals surface area (Å²) in [5.41, 5.74) is 0.690. The Labute approximate surface area is 150 Å². The van der Waals surface area contributed by atoms with E-state index >= 15 is 0 Å². The molecule has 1 aromatic heterocycles. The number of ketones is 1. The minimum Gasteiger partial charge on any atom is -0.425 e. The van der Waals surface area contributed by atoms with Crippen LogP contribution in [0.15, 0.2) is 27.4 Å². The van der Waals surface area contributed by atoms with Crippen molar-refractivity contribution in [3.63, 3.8) is 0 Å². The van der Waals surface area contributed by atoms with Gasteiger partial charge in [-0.2, -0.15) is 0 Å². The van der Waals surface area contributed by atoms with Gasteiger partial charge in [0.05, 0.1) is 11.5 Å². The van der Waals surface area contributed by atoms with Gasteiger partial charge in [0.15, 0.2) is 5.78 Å². The average molecular weight is 365 g/mol. The van der Waals surface area contributed by atoms with Crippen LogP contribution in [0.25, 0.3) is 11.2 Å². The lowest BCUT2D eigenvalue weighted by atomic mass is 9.97. The van der Waals surface area contributed by atoms with Crippen molar-refractivity contribution in [3.05, 3.63) is 23.8 Å². The number of ether oxygens (including phenoxy) is 2. The fourth-order valence-corrected chi connectivity index (χ4v) is 2.00. The zero-order valence-electron chi connectivity index (χ0n) is 15.7. The zero-order chi connectivity index (χ0) is 19.6. The van der Waals surface area contributed by atoms with Crippen molar-refractivity contribution in [2.45, 2.75) is 47.0 Å². The molecule has 0 aliphatic carbocycles. The molecule has 142 valence electrons. The molecular weight excluding hydrogens is 342 g/mol. The minimum atomic E-state index is -1.07. The molecule has 26 heavy (non-hydrogen) atoms. The summed E-state index contributed by atoms with van der Waals surface area (Å²) in [7, 11) is 1.43. The van der Waals surface area contributed by atoms with Crippen LogP contribution in [-0.4, -0.2) is 42.1 Å². The third-order valence-corrected chi connectivity index (χ3v) is 3.85. The van der Waals surface area contributed by atoms with Crippen LogP contribution >= 0.6 is 0 Å². The van der Waals surface area contributed by atoms with Gasteiger partial charge in [-0.25, -0.2) is 4.79 Å². The van der Waals surface area contributed by atoms with Gasteiger partial charge in [-0.1, -0.05) is 0 Å². The van der Waals surface area contributed by atoms with E-state index in [1.54, 1.807) is 45.9 Å². The largest absolute Gasteiger partial charge is 0.425 e. The van der Waals surface area contributed by atoms with Crippen LogP contribution in [0.4, 0.5) is 4.79 Å². The Balaban J connectivity index is 1.96. The molecule has 0 spiro atoms. The molecule has 0 aliphatic heterocycles. The van der Waals surface area contributed by atoms with E-state index in [1.807, 2.05) is 0 Å². The molecule has 0 radical (unpaired) electrons. The molecule has 2 unspecified atom stereocenters. The van der Waals surface area contributed by atoms with Gasteiger partial charge in [0.2, 0.25) is 17.5 Å². The molecule has 0 saturated carbocycles. The number of Topliss-reactive ketones (excluding diaryl/α,β-unsaturated/α-hetero) is 1. The molecule has 0 bridgehead atoms. The van der Waals surface area contributed by atoms with Crippen LogP contribution in [0, 0.1) is 5.41 Å². The second kappa shape index (κ2) is 7.23. The Morgan fingerprint density at radius 3 is 2.15 bits per heavy atom. The number of esters is 1. The van der Waals surface area contributed by atoms with Gasteiger partial charge in [-0.05, 0) is 39.8 Å². The number of fused-ring (bicyclic) bond motifs is 1. The zero-order valence-corrected chi connectivity index (χ0v) is 15.7. The molecule has 8 nitrogen and oxygen atoms in total. The number of carbonyl (C=O) groups excluding carboxylic acids is 3. The summed E-state index contributed by atoms with van der Waals surface area (Å²) < 4.78 is 19.6. The van der Waals surface area contributed by atoms with E-state index in [0.717, 1.165) is 4.90 Å². The number of nitrogens with zero attached hydrogens (tertiary/aromatic N) is 1. The monoisotopic (exact) mass is 365 g/mol. The molecule has 1 amide bonds. The Morgan fingerprint density at radius 1 is 1.04 bits per heavy atom. The number of benzene rings is 1. The summed E-state index contributed by atoms with van der Waals surface area (Å²) in [5, 5.41) is 0. The molecule has 0 fully saturated rings. The van der Waals surface area contributed by atoms with Crippen molar-refractivity contribution in [3.8, 4) is 0 Å². The number of hydrogen-bond donors (Lipinski definition) is 0. The highest BCUT2D eigenvalue weighted by Gasteiger charge is 2.29. The van der Waals surface area contributed by atoms with Crippen molar-refractivity contribution in [2.75, 3.05) is 7.05 Å². The summed E-state index contributed by atoms with van der Waals surface area (Å²) in [6.45, 7) is 8.10. The van der Waals surface area contributed by atoms with E-state index in [-0.39, 0.29) is 5.78 Å². The van der Waals surface area contributed by atoms with Gasteiger partial charge < -0.3 is 14.4 Å². The summed E-state index contributed by atoms with van der Waals surface area (Å²) in [5.74, 6) is -0.782. The number of amides is 1. The van der Waals surface area contributed by atoms with E-state index in [9.17, 15) is 14.4 Å². The van der Waals surface area contributed by atoms with Crippen LogP contribution in [0.5, 0.6) is 0 Å². The SMILES string of the molecule is CC(OC(=O)N(C)C(C)C(=O)c1ccc2ooc2c1)OC(=O)C(C)(C)C. The number of hydrogen-bond acceptors (Lipinski definition) is 7. The van der Waals surface area contributed by atoms with Crippen LogP contribution < -0.4 is 0 Å². The van der Waals surface area contributed by atoms with Gasteiger partial charge in [0.25, 0.3) is 0 Å². The molecule has 8 heteroatoms. The predicted molar refractivity (Wildman–Crippen MR) is 91.5 cm³/mol. The van der Waals surface area contributed by atoms with Gasteiger partial charge in [-0.3, -0.25) is 18.7 Å². The van der Waals surface area contributed by atoms with Crippen LogP contribution in [0.3, 0.4) is 0 Å². The second-order valence-corrected chi connectivity index (χ2v) is 7.09. The van der Waals surface area contributed by atoms with Crippen molar-refractivity contribution in [1.29, 1.82) is 0 Å². The molecule has 1 aromatic carbocycles. The quantitative estimate of drug-likeness (QED) is 0.345. The van der Waals surface area contributed by atoms with Crippen molar-refractivity contribution >= 4 is 29.0 Å². The van der Waals surface area contributed by atoms with Crippen LogP contribution in [-0.2, 0) is 14.3 Å². The molecule has 0 aliphatic rings. The Kier molecular flexibility index (Phi) is 5.44. The van der Waals surface area contributed by atoms with Gasteiger partial charge in [0, 0.05) is 25.6 Å². The first kappa shape index (κ1) is 19.6. The van der Waals surface area contributed by atoms with Crippen LogP contribution in [0.1, 0.15) is 45.0 Å². The van der Waals surface area contributed by atoms with Gasteiger partial charge >= 0.3 is 12.1 Å². The van der Waals surface area contributed by atoms with Crippen LogP contribution in [0.2, 0.25) is 0 Å². The molecule has 1 heterocycles. The van der Waals surface area contributed by atoms with E-state index in [0.29, 0.717) is 16.7 Å². The number of carbonyl (C=O) groups is 3. The predicted octanol–water partition coefficient (Wildman–Crippen LogP) is 3.60. The Bertz CT molecular complexity index is 811. The smallest absolute Gasteiger partial charge is 0.413 e. The summed E-state index contributed by atoms with van der Waals surface area (Å²) in [4.78, 5) is 37.7. The maximum atomic E-state index is 12.5. The summed E-state index contributed by atoms with van der Waals surface area (Å²) >= 11 is 0. The highest BCUT2D eigenvalue weighted by Crippen LogP contribution is 2.21. The topological polar surface area (TPSA) is 99.2 Å². The molecule has 2 aromatic rings. The fraction of sp³-hybridized carbons (Fsp3) is 0.500. The molecule has 2 atom stereocenters. The van der Waals surface area contributed by atoms with Crippen molar-refractivity contribution in [1.82, 2.24) is 4.90 Å². The summed E-state index contributed by atoms with van der Waals surface area (Å²) in [6.07, 6.45) is -1.84. The number of likely N-dealkylation sites (N-methyl/N-ethyl adjacent to an activating group) is 1. The Morgan fingerprint density at radius 2 is 1.65 bits per heavy atom. The average Bonchev–Trinajstić information content (AvgIpc) is 2.52. The standard InChI is InChI=1S/C18H23NO7/c1-10(15(20)12-7-8-13-14(9-12)26-25-13)19(6)17(22)24-11(2)23-16(21)18(3,4)5/h7-11H,1-6H3. The third kappa shape index (κ3) is 4.25. The maximum absolute atomic E-state index is 12.5. The molecule has 0 N–H and O–H groups in total. The Hall–Kier alpha value is -2.77. The first-order valence-electron chi connectivity index (χ1n) is 8.18. The normalized spacial score (nSPS) is 13.9. The second-order valence-electron chi connectivity index (χ2n) is 7.09. The first-order chi connectivity index (χ1) is 12.0. The molecule has 2 rings (SSSR count). The van der Waals surface area contributed by atoms with Gasteiger partial charge in [-0.15, -0.1) is 0 Å². The van der Waals surface area contributed by atoms with E-state index in [1.165, 1.54) is 14.0 Å². The lowest BCUT2D eigenvalue weighted by Gasteiger charge is -2.26. The molecule has 0 saturated heterocycles. The van der Waals surface area contributed by atoms with E-state index < -0.39 is 29.8 Å². The lowest BCUT2D eigenvalue weighted by Crippen LogP contribution is -2.42. The molecular formula is C18H23NO7. The highest BCUT2D eigenvalue weighted by atomic mass is 17.0. The number of rotatable bonds is 5. The highest BCUT2D eigenvalue weighted by molar-refractivity contribution is 6.02. The van der Waals surface area contributed by atoms with Crippen molar-refractivity contribution < 1.29 is 33.0 Å². The third-order valence-electron chi connectivity index (χ3n) is 3.85. The van der Waals surface area contributed by atoms with E-state index in [4.69, 9.17) is 18.6 Å². The van der Waals surface area contributed by atoms with E-state index in [2.05, 4.69) is 0 Å². The fourth-order valence-electron chi connectivity index (χ4n) is 2.00. The summed E-state index contributed by atoms with van der Waals surface area (Å²) in [6, 6.07) is 3.97. The van der Waals surface area contributed by atoms with Gasteiger partial charge in [0.1, 0.15) is 0 Å². The minimum absolute atomic E-state index is 0.290. The van der Waals surface area contributed by atoms with Crippen molar-refractivity contribution in [2.24, 2.45) is 5.41 Å². The first-order valence-corrected chi connectivity index (χ1v) is 8.18. The maximum Gasteiger partial charge on any atom is 0.413 e.